The number of furan rings is 1. The van der Waals surface area contributed by atoms with Crippen molar-refractivity contribution in [3.63, 3.8) is 0 Å². The van der Waals surface area contributed by atoms with Crippen molar-refractivity contribution in [2.24, 2.45) is 0 Å². The molecule has 0 bridgehead atoms. The van der Waals surface area contributed by atoms with Gasteiger partial charge in [0.25, 0.3) is 5.91 Å². The van der Waals surface area contributed by atoms with Crippen LogP contribution < -0.4 is 10.6 Å². The highest BCUT2D eigenvalue weighted by atomic mass is 16.3. The highest BCUT2D eigenvalue weighted by molar-refractivity contribution is 5.94. The van der Waals surface area contributed by atoms with Gasteiger partial charge >= 0.3 is 0 Å². The molecule has 6 heteroatoms. The van der Waals surface area contributed by atoms with Crippen molar-refractivity contribution < 1.29 is 9.21 Å². The number of aromatic nitrogens is 2. The number of hydrogen-bond donors (Lipinski definition) is 2. The maximum Gasteiger partial charge on any atom is 0.270 e. The molecule has 0 unspecified atom stereocenters. The van der Waals surface area contributed by atoms with Gasteiger partial charge < -0.3 is 15.1 Å². The first-order chi connectivity index (χ1) is 14.3. The van der Waals surface area contributed by atoms with Crippen molar-refractivity contribution >= 4 is 11.6 Å². The molecule has 4 aromatic rings. The van der Waals surface area contributed by atoms with E-state index in [9.17, 15) is 4.79 Å². The summed E-state index contributed by atoms with van der Waals surface area (Å²) in [4.78, 5) is 12.8. The van der Waals surface area contributed by atoms with Crippen LogP contribution in [0, 0.1) is 0 Å². The van der Waals surface area contributed by atoms with Gasteiger partial charge in [0, 0.05) is 24.8 Å². The summed E-state index contributed by atoms with van der Waals surface area (Å²) < 4.78 is 7.09. The molecule has 2 heterocycles. The Labute approximate surface area is 169 Å². The largest absolute Gasteiger partial charge is 0.463 e. The summed E-state index contributed by atoms with van der Waals surface area (Å²) in [6.07, 6.45) is 2.40. The third-order valence-corrected chi connectivity index (χ3v) is 4.46. The smallest absolute Gasteiger partial charge is 0.270 e. The first-order valence-electron chi connectivity index (χ1n) is 9.58. The summed E-state index contributed by atoms with van der Waals surface area (Å²) in [5.41, 5.74) is 2.98. The van der Waals surface area contributed by atoms with Crippen LogP contribution in [-0.2, 0) is 0 Å². The molecule has 0 spiro atoms. The number of anilines is 1. The zero-order chi connectivity index (χ0) is 19.9. The number of benzene rings is 2. The molecule has 29 heavy (non-hydrogen) atoms. The van der Waals surface area contributed by atoms with E-state index in [2.05, 4.69) is 15.7 Å². The van der Waals surface area contributed by atoms with E-state index in [4.69, 9.17) is 4.42 Å². The van der Waals surface area contributed by atoms with Crippen LogP contribution in [0.15, 0.2) is 89.5 Å². The molecule has 0 aliphatic heterocycles. The van der Waals surface area contributed by atoms with Crippen LogP contribution in [0.25, 0.3) is 17.1 Å². The van der Waals surface area contributed by atoms with E-state index in [1.165, 1.54) is 0 Å². The van der Waals surface area contributed by atoms with Crippen molar-refractivity contribution in [3.8, 4) is 17.1 Å². The number of hydrogen-bond acceptors (Lipinski definition) is 4. The zero-order valence-electron chi connectivity index (χ0n) is 15.9. The minimum Gasteiger partial charge on any atom is -0.463 e. The van der Waals surface area contributed by atoms with Crippen molar-refractivity contribution in [3.05, 3.63) is 90.8 Å². The van der Waals surface area contributed by atoms with Crippen LogP contribution in [0.5, 0.6) is 0 Å². The van der Waals surface area contributed by atoms with Gasteiger partial charge in [0.15, 0.2) is 5.76 Å². The number of para-hydroxylation sites is 2. The van der Waals surface area contributed by atoms with Gasteiger partial charge in [-0.05, 0) is 42.8 Å². The predicted molar refractivity (Wildman–Crippen MR) is 113 cm³/mol. The molecule has 2 aromatic heterocycles. The van der Waals surface area contributed by atoms with Crippen molar-refractivity contribution in [2.45, 2.75) is 6.42 Å². The Morgan fingerprint density at radius 2 is 1.69 bits per heavy atom. The Hall–Kier alpha value is -3.80. The molecule has 4 rings (SSSR count). The second-order valence-electron chi connectivity index (χ2n) is 6.54. The Kier molecular flexibility index (Phi) is 5.71. The van der Waals surface area contributed by atoms with E-state index < -0.39 is 0 Å². The van der Waals surface area contributed by atoms with E-state index in [1.54, 1.807) is 23.1 Å². The highest BCUT2D eigenvalue weighted by Crippen LogP contribution is 2.22. The molecule has 146 valence electrons. The SMILES string of the molecule is O=C(NCCCNc1ccccc1)c1cc(-c2ccco2)nn1-c1ccccc1. The minimum absolute atomic E-state index is 0.168. The maximum atomic E-state index is 12.8. The lowest BCUT2D eigenvalue weighted by Gasteiger charge is -2.09. The fourth-order valence-corrected chi connectivity index (χ4v) is 3.02. The molecular formula is C23H22N4O2. The molecule has 0 saturated heterocycles. The maximum absolute atomic E-state index is 12.8. The zero-order valence-corrected chi connectivity index (χ0v) is 15.9. The number of nitrogens with one attached hydrogen (secondary N) is 2. The quantitative estimate of drug-likeness (QED) is 0.441. The first kappa shape index (κ1) is 18.6. The molecule has 0 atom stereocenters. The molecule has 1 amide bonds. The van der Waals surface area contributed by atoms with Gasteiger partial charge in [-0.15, -0.1) is 0 Å². The van der Waals surface area contributed by atoms with Crippen molar-refractivity contribution in [1.82, 2.24) is 15.1 Å². The molecular weight excluding hydrogens is 364 g/mol. The fourth-order valence-electron chi connectivity index (χ4n) is 3.02. The van der Waals surface area contributed by atoms with Gasteiger partial charge in [0.05, 0.1) is 12.0 Å². The predicted octanol–water partition coefficient (Wildman–Crippen LogP) is 4.36. The number of rotatable bonds is 8. The first-order valence-corrected chi connectivity index (χ1v) is 9.58. The minimum atomic E-state index is -0.168. The third kappa shape index (κ3) is 4.55. The summed E-state index contributed by atoms with van der Waals surface area (Å²) in [6.45, 7) is 1.34. The second kappa shape index (κ2) is 8.93. The third-order valence-electron chi connectivity index (χ3n) is 4.46. The van der Waals surface area contributed by atoms with Crippen LogP contribution >= 0.6 is 0 Å². The monoisotopic (exact) mass is 386 g/mol. The summed E-state index contributed by atoms with van der Waals surface area (Å²) in [6, 6.07) is 25.0. The molecule has 0 radical (unpaired) electrons. The average Bonchev–Trinajstić information content (AvgIpc) is 3.45. The van der Waals surface area contributed by atoms with E-state index in [1.807, 2.05) is 66.7 Å². The summed E-state index contributed by atoms with van der Waals surface area (Å²) in [7, 11) is 0. The Bertz CT molecular complexity index is 1040. The van der Waals surface area contributed by atoms with Crippen LogP contribution in [0.4, 0.5) is 5.69 Å². The number of carbonyl (C=O) groups is 1. The lowest BCUT2D eigenvalue weighted by Crippen LogP contribution is -2.27. The van der Waals surface area contributed by atoms with Gasteiger partial charge in [0.2, 0.25) is 0 Å². The lowest BCUT2D eigenvalue weighted by molar-refractivity contribution is 0.0946. The van der Waals surface area contributed by atoms with Gasteiger partial charge in [0.1, 0.15) is 11.4 Å². The molecule has 0 fully saturated rings. The van der Waals surface area contributed by atoms with E-state index in [-0.39, 0.29) is 5.91 Å². The van der Waals surface area contributed by atoms with Gasteiger partial charge in [-0.25, -0.2) is 4.68 Å². The summed E-state index contributed by atoms with van der Waals surface area (Å²) >= 11 is 0. The van der Waals surface area contributed by atoms with E-state index in [0.717, 1.165) is 24.3 Å². The van der Waals surface area contributed by atoms with Gasteiger partial charge in [-0.2, -0.15) is 5.10 Å². The van der Waals surface area contributed by atoms with E-state index in [0.29, 0.717) is 23.7 Å². The lowest BCUT2D eigenvalue weighted by atomic mass is 10.2. The number of amides is 1. The number of nitrogens with zero attached hydrogens (tertiary/aromatic N) is 2. The second-order valence-corrected chi connectivity index (χ2v) is 6.54. The average molecular weight is 386 g/mol. The highest BCUT2D eigenvalue weighted by Gasteiger charge is 2.18. The van der Waals surface area contributed by atoms with Gasteiger partial charge in [-0.3, -0.25) is 4.79 Å². The molecule has 0 aliphatic rings. The summed E-state index contributed by atoms with van der Waals surface area (Å²) in [5.74, 6) is 0.458. The van der Waals surface area contributed by atoms with Gasteiger partial charge in [-0.1, -0.05) is 36.4 Å². The Morgan fingerprint density at radius 3 is 2.41 bits per heavy atom. The Balaban J connectivity index is 1.43. The molecule has 2 aromatic carbocycles. The molecule has 6 nitrogen and oxygen atoms in total. The standard InChI is InChI=1S/C23H22N4O2/c28-23(25-15-8-14-24-18-9-3-1-4-10-18)21-17-20(22-13-7-16-29-22)26-27(21)19-11-5-2-6-12-19/h1-7,9-13,16-17,24H,8,14-15H2,(H,25,28). The molecule has 0 saturated carbocycles. The van der Waals surface area contributed by atoms with E-state index >= 15 is 0 Å². The summed E-state index contributed by atoms with van der Waals surface area (Å²) in [5, 5.41) is 10.9. The molecule has 0 aliphatic carbocycles. The van der Waals surface area contributed by atoms with Crippen LogP contribution in [0.3, 0.4) is 0 Å². The topological polar surface area (TPSA) is 72.1 Å². The number of carbonyl (C=O) groups excluding carboxylic acids is 1. The Morgan fingerprint density at radius 1 is 0.931 bits per heavy atom. The van der Waals surface area contributed by atoms with Crippen LogP contribution in [0.1, 0.15) is 16.9 Å². The van der Waals surface area contributed by atoms with Crippen molar-refractivity contribution in [1.29, 1.82) is 0 Å². The van der Waals surface area contributed by atoms with Crippen LogP contribution in [0.2, 0.25) is 0 Å². The molecule has 2 N–H and O–H groups in total. The fraction of sp³-hybridized carbons (Fsp3) is 0.130. The normalized spacial score (nSPS) is 10.6. The van der Waals surface area contributed by atoms with Crippen molar-refractivity contribution in [2.75, 3.05) is 18.4 Å². The van der Waals surface area contributed by atoms with Crippen LogP contribution in [-0.4, -0.2) is 28.8 Å².